The molecule has 0 fully saturated rings. The molecule has 1 aromatic heterocycles. The largest absolute Gasteiger partial charge is 0.495 e. The molecule has 5 rings (SSSR count). The summed E-state index contributed by atoms with van der Waals surface area (Å²) in [5, 5.41) is 9.34. The number of hydrogen-bond acceptors (Lipinski definition) is 7. The van der Waals surface area contributed by atoms with E-state index in [9.17, 15) is 13.2 Å². The highest BCUT2D eigenvalue weighted by molar-refractivity contribution is 7.92. The first-order valence-corrected chi connectivity index (χ1v) is 12.9. The van der Waals surface area contributed by atoms with Crippen molar-refractivity contribution in [3.8, 4) is 28.6 Å². The summed E-state index contributed by atoms with van der Waals surface area (Å²) >= 11 is 0. The first-order valence-electron chi connectivity index (χ1n) is 11.4. The Kier molecular flexibility index (Phi) is 6.28. The van der Waals surface area contributed by atoms with E-state index in [1.807, 2.05) is 12.1 Å². The Hall–Kier alpha value is -5.14. The number of nitriles is 1. The maximum Gasteiger partial charge on any atom is 0.267 e. The summed E-state index contributed by atoms with van der Waals surface area (Å²) in [6.07, 6.45) is 0. The van der Waals surface area contributed by atoms with Gasteiger partial charge in [0, 0.05) is 0 Å². The lowest BCUT2D eigenvalue weighted by molar-refractivity contribution is 0.417. The molecule has 0 atom stereocenters. The minimum Gasteiger partial charge on any atom is -0.495 e. The molecule has 0 spiro atoms. The number of nitrogens with two attached hydrogens (primary N) is 1. The average molecular weight is 524 g/mol. The Morgan fingerprint density at radius 1 is 0.947 bits per heavy atom. The summed E-state index contributed by atoms with van der Waals surface area (Å²) in [4.78, 5) is 17.8. The summed E-state index contributed by atoms with van der Waals surface area (Å²) in [5.74, 6) is 0.387. The molecule has 0 aliphatic rings. The number of fused-ring (bicyclic) bond motifs is 1. The van der Waals surface area contributed by atoms with E-state index in [0.717, 1.165) is 0 Å². The summed E-state index contributed by atoms with van der Waals surface area (Å²) in [5.41, 5.74) is 8.69. The molecule has 0 radical (unpaired) electrons. The molecule has 188 valence electrons. The quantitative estimate of drug-likeness (QED) is 0.338. The molecule has 9 nitrogen and oxygen atoms in total. The van der Waals surface area contributed by atoms with E-state index in [1.54, 1.807) is 60.7 Å². The maximum absolute atomic E-state index is 13.4. The maximum atomic E-state index is 13.4. The zero-order valence-corrected chi connectivity index (χ0v) is 20.9. The Balaban J connectivity index is 1.58. The van der Waals surface area contributed by atoms with Crippen molar-refractivity contribution in [3.63, 3.8) is 0 Å². The zero-order chi connectivity index (χ0) is 26.9. The number of ether oxygens (including phenoxy) is 1. The van der Waals surface area contributed by atoms with Gasteiger partial charge in [-0.15, -0.1) is 0 Å². The number of nitrogens with one attached hydrogen (secondary N) is 1. The number of hydrogen-bond donors (Lipinski definition) is 2. The highest BCUT2D eigenvalue weighted by atomic mass is 32.2. The Morgan fingerprint density at radius 2 is 1.63 bits per heavy atom. The molecule has 3 N–H and O–H groups in total. The number of aromatic nitrogens is 2. The lowest BCUT2D eigenvalue weighted by Gasteiger charge is -2.14. The van der Waals surface area contributed by atoms with Gasteiger partial charge in [-0.2, -0.15) is 5.26 Å². The van der Waals surface area contributed by atoms with Gasteiger partial charge in [0.25, 0.3) is 15.6 Å². The van der Waals surface area contributed by atoms with Crippen LogP contribution in [0, 0.1) is 11.3 Å². The number of anilines is 2. The monoisotopic (exact) mass is 523 g/mol. The van der Waals surface area contributed by atoms with Gasteiger partial charge >= 0.3 is 0 Å². The Bertz CT molecular complexity index is 1880. The number of para-hydroxylation sites is 1. The summed E-state index contributed by atoms with van der Waals surface area (Å²) < 4.78 is 35.3. The SMILES string of the molecule is COc1ccc(-c2ccc3nc(N)n(-c4ccccc4)c(=O)c3c2)cc1NS(=O)(=O)c1ccc(C#N)cc1. The highest BCUT2D eigenvalue weighted by Crippen LogP contribution is 2.33. The van der Waals surface area contributed by atoms with Crippen molar-refractivity contribution in [1.82, 2.24) is 9.55 Å². The van der Waals surface area contributed by atoms with Crippen molar-refractivity contribution in [2.24, 2.45) is 0 Å². The fraction of sp³-hybridized carbons (Fsp3) is 0.0357. The molecule has 5 aromatic rings. The Labute approximate surface area is 218 Å². The van der Waals surface area contributed by atoms with E-state index in [2.05, 4.69) is 9.71 Å². The van der Waals surface area contributed by atoms with Crippen LogP contribution in [0.3, 0.4) is 0 Å². The summed E-state index contributed by atoms with van der Waals surface area (Å²) in [6.45, 7) is 0. The van der Waals surface area contributed by atoms with Crippen LogP contribution in [0.15, 0.2) is 101 Å². The predicted molar refractivity (Wildman–Crippen MR) is 146 cm³/mol. The molecule has 0 aliphatic heterocycles. The van der Waals surface area contributed by atoms with Crippen molar-refractivity contribution in [1.29, 1.82) is 5.26 Å². The third kappa shape index (κ3) is 4.54. The molecular weight excluding hydrogens is 502 g/mol. The smallest absolute Gasteiger partial charge is 0.267 e. The average Bonchev–Trinajstić information content (AvgIpc) is 2.93. The van der Waals surface area contributed by atoms with Crippen molar-refractivity contribution in [2.45, 2.75) is 4.90 Å². The van der Waals surface area contributed by atoms with Crippen molar-refractivity contribution >= 4 is 32.6 Å². The van der Waals surface area contributed by atoms with Gasteiger partial charge in [-0.25, -0.2) is 18.0 Å². The van der Waals surface area contributed by atoms with Gasteiger partial charge in [0.1, 0.15) is 5.75 Å². The van der Waals surface area contributed by atoms with Crippen LogP contribution >= 0.6 is 0 Å². The molecule has 38 heavy (non-hydrogen) atoms. The van der Waals surface area contributed by atoms with Crippen molar-refractivity contribution in [2.75, 3.05) is 17.6 Å². The van der Waals surface area contributed by atoms with Gasteiger partial charge < -0.3 is 10.5 Å². The second-order valence-corrected chi connectivity index (χ2v) is 10.0. The first-order chi connectivity index (χ1) is 18.3. The molecule has 1 heterocycles. The minimum absolute atomic E-state index is 0.000197. The molecule has 0 amide bonds. The fourth-order valence-corrected chi connectivity index (χ4v) is 5.15. The molecule has 4 aromatic carbocycles. The third-order valence-electron chi connectivity index (χ3n) is 5.98. The minimum atomic E-state index is -3.97. The van der Waals surface area contributed by atoms with Crippen LogP contribution in [-0.2, 0) is 10.0 Å². The van der Waals surface area contributed by atoms with Crippen LogP contribution < -0.4 is 20.8 Å². The molecular formula is C28H21N5O4S. The van der Waals surface area contributed by atoms with Crippen LogP contribution in [0.4, 0.5) is 11.6 Å². The van der Waals surface area contributed by atoms with E-state index in [-0.39, 0.29) is 22.1 Å². The first kappa shape index (κ1) is 24.5. The highest BCUT2D eigenvalue weighted by Gasteiger charge is 2.18. The van der Waals surface area contributed by atoms with Gasteiger partial charge in [-0.05, 0) is 71.8 Å². The van der Waals surface area contributed by atoms with E-state index < -0.39 is 10.0 Å². The van der Waals surface area contributed by atoms with Crippen molar-refractivity contribution in [3.05, 3.63) is 107 Å². The molecule has 0 aliphatic carbocycles. The predicted octanol–water partition coefficient (Wildman–Crippen LogP) is 4.32. The number of sulfonamides is 1. The van der Waals surface area contributed by atoms with Crippen LogP contribution in [0.25, 0.3) is 27.7 Å². The van der Waals surface area contributed by atoms with Crippen LogP contribution in [0.2, 0.25) is 0 Å². The second kappa shape index (κ2) is 9.72. The Morgan fingerprint density at radius 3 is 2.32 bits per heavy atom. The third-order valence-corrected chi connectivity index (χ3v) is 7.36. The van der Waals surface area contributed by atoms with E-state index >= 15 is 0 Å². The van der Waals surface area contributed by atoms with Gasteiger partial charge in [0.2, 0.25) is 5.95 Å². The zero-order valence-electron chi connectivity index (χ0n) is 20.1. The van der Waals surface area contributed by atoms with E-state index in [1.165, 1.54) is 35.9 Å². The number of methoxy groups -OCH3 is 1. The lowest BCUT2D eigenvalue weighted by Crippen LogP contribution is -2.23. The van der Waals surface area contributed by atoms with Crippen LogP contribution in [-0.4, -0.2) is 25.1 Å². The fourth-order valence-electron chi connectivity index (χ4n) is 4.09. The standard InChI is InChI=1S/C28H21N5O4S/c1-37-26-14-10-20(16-25(26)32-38(35,36)22-11-7-18(17-29)8-12-22)19-9-13-24-23(15-19)27(34)33(28(30)31-24)21-5-3-2-4-6-21/h2-16,32H,1H3,(H2,30,31). The van der Waals surface area contributed by atoms with Gasteiger partial charge in [-0.1, -0.05) is 30.3 Å². The number of benzene rings is 4. The number of nitrogens with zero attached hydrogens (tertiary/aromatic N) is 3. The normalized spacial score (nSPS) is 11.2. The molecule has 10 heteroatoms. The molecule has 0 saturated carbocycles. The number of nitrogen functional groups attached to an aromatic ring is 1. The summed E-state index contributed by atoms with van der Waals surface area (Å²) in [6, 6.07) is 26.7. The summed E-state index contributed by atoms with van der Waals surface area (Å²) in [7, 11) is -2.53. The molecule has 0 unspecified atom stereocenters. The van der Waals surface area contributed by atoms with Crippen LogP contribution in [0.1, 0.15) is 5.56 Å². The van der Waals surface area contributed by atoms with Crippen molar-refractivity contribution < 1.29 is 13.2 Å². The topological polar surface area (TPSA) is 140 Å². The van der Waals surface area contributed by atoms with Gasteiger partial charge in [0.15, 0.2) is 0 Å². The lowest BCUT2D eigenvalue weighted by atomic mass is 10.0. The van der Waals surface area contributed by atoms with Gasteiger partial charge in [-0.3, -0.25) is 9.52 Å². The number of rotatable bonds is 6. The van der Waals surface area contributed by atoms with Gasteiger partial charge in [0.05, 0.1) is 45.9 Å². The van der Waals surface area contributed by atoms with E-state index in [0.29, 0.717) is 39.0 Å². The molecule has 0 bridgehead atoms. The van der Waals surface area contributed by atoms with Crippen LogP contribution in [0.5, 0.6) is 5.75 Å². The molecule has 0 saturated heterocycles. The second-order valence-electron chi connectivity index (χ2n) is 8.33. The van der Waals surface area contributed by atoms with E-state index in [4.69, 9.17) is 15.7 Å².